The van der Waals surface area contributed by atoms with Crippen LogP contribution in [0.1, 0.15) is 19.4 Å². The monoisotopic (exact) mass is 279 g/mol. The molecule has 1 amide bonds. The first-order valence-corrected chi connectivity index (χ1v) is 6.76. The predicted octanol–water partition coefficient (Wildman–Crippen LogP) is 1.79. The van der Waals surface area contributed by atoms with Crippen molar-refractivity contribution in [1.82, 2.24) is 4.90 Å². The van der Waals surface area contributed by atoms with Gasteiger partial charge in [0.2, 0.25) is 0 Å². The number of benzene rings is 1. The molecule has 5 heteroatoms. The van der Waals surface area contributed by atoms with Gasteiger partial charge < -0.3 is 14.6 Å². The summed E-state index contributed by atoms with van der Waals surface area (Å²) in [6.07, 6.45) is -0.413. The van der Waals surface area contributed by atoms with E-state index < -0.39 is 11.7 Å². The molecule has 1 fully saturated rings. The van der Waals surface area contributed by atoms with Crippen LogP contribution in [-0.4, -0.2) is 47.5 Å². The first kappa shape index (κ1) is 14.8. The number of hydrogen-bond acceptors (Lipinski definition) is 4. The summed E-state index contributed by atoms with van der Waals surface area (Å²) in [7, 11) is 0. The van der Waals surface area contributed by atoms with Crippen molar-refractivity contribution >= 4 is 6.09 Å². The predicted molar refractivity (Wildman–Crippen MR) is 74.2 cm³/mol. The molecule has 0 bridgehead atoms. The summed E-state index contributed by atoms with van der Waals surface area (Å²) in [5.74, 6) is 0. The van der Waals surface area contributed by atoms with Crippen molar-refractivity contribution in [3.63, 3.8) is 0 Å². The highest BCUT2D eigenvalue weighted by atomic mass is 16.6. The Labute approximate surface area is 119 Å². The van der Waals surface area contributed by atoms with Gasteiger partial charge in [-0.3, -0.25) is 4.90 Å². The molecule has 1 saturated heterocycles. The fourth-order valence-electron chi connectivity index (χ4n) is 2.21. The van der Waals surface area contributed by atoms with Crippen LogP contribution in [0.2, 0.25) is 0 Å². The third kappa shape index (κ3) is 3.71. The Bertz CT molecular complexity index is 441. The van der Waals surface area contributed by atoms with Gasteiger partial charge in [-0.2, -0.15) is 0 Å². The molecule has 1 heterocycles. The zero-order valence-electron chi connectivity index (χ0n) is 11.9. The van der Waals surface area contributed by atoms with Crippen molar-refractivity contribution in [2.75, 3.05) is 19.8 Å². The molecule has 0 aliphatic carbocycles. The molecule has 1 unspecified atom stereocenters. The van der Waals surface area contributed by atoms with Crippen molar-refractivity contribution < 1.29 is 19.4 Å². The van der Waals surface area contributed by atoms with E-state index in [1.807, 2.05) is 30.3 Å². The van der Waals surface area contributed by atoms with Gasteiger partial charge in [0, 0.05) is 6.54 Å². The molecular formula is C15H21NO4. The Morgan fingerprint density at radius 1 is 1.45 bits per heavy atom. The fraction of sp³-hybridized carbons (Fsp3) is 0.533. The minimum Gasteiger partial charge on any atom is -0.445 e. The quantitative estimate of drug-likeness (QED) is 0.916. The first-order valence-electron chi connectivity index (χ1n) is 6.76. The molecule has 5 nitrogen and oxygen atoms in total. The lowest BCUT2D eigenvalue weighted by atomic mass is 9.97. The summed E-state index contributed by atoms with van der Waals surface area (Å²) in [5.41, 5.74) is -0.0828. The number of amides is 1. The second-order valence-corrected chi connectivity index (χ2v) is 5.48. The summed E-state index contributed by atoms with van der Waals surface area (Å²) in [5, 5.41) is 10.1. The van der Waals surface area contributed by atoms with Crippen molar-refractivity contribution in [3.05, 3.63) is 35.9 Å². The number of carbonyl (C=O) groups is 1. The molecule has 1 aromatic carbocycles. The van der Waals surface area contributed by atoms with E-state index in [0.717, 1.165) is 5.56 Å². The SMILES string of the molecule is CC(C)(O)C1COCCN1C(=O)OCc1ccccc1. The maximum atomic E-state index is 12.2. The van der Waals surface area contributed by atoms with Crippen LogP contribution >= 0.6 is 0 Å². The summed E-state index contributed by atoms with van der Waals surface area (Å²) in [6, 6.07) is 9.13. The highest BCUT2D eigenvalue weighted by molar-refractivity contribution is 5.68. The van der Waals surface area contributed by atoms with Crippen LogP contribution in [-0.2, 0) is 16.1 Å². The highest BCUT2D eigenvalue weighted by Crippen LogP contribution is 2.20. The summed E-state index contributed by atoms with van der Waals surface area (Å²) < 4.78 is 10.7. The first-order chi connectivity index (χ1) is 9.48. The Kier molecular flexibility index (Phi) is 4.62. The topological polar surface area (TPSA) is 59.0 Å². The van der Waals surface area contributed by atoms with Crippen LogP contribution in [0.3, 0.4) is 0 Å². The number of nitrogens with zero attached hydrogens (tertiary/aromatic N) is 1. The molecule has 1 aliphatic heterocycles. The van der Waals surface area contributed by atoms with Gasteiger partial charge in [0.1, 0.15) is 6.61 Å². The maximum Gasteiger partial charge on any atom is 0.410 e. The Morgan fingerprint density at radius 3 is 2.80 bits per heavy atom. The van der Waals surface area contributed by atoms with Crippen molar-refractivity contribution in [2.24, 2.45) is 0 Å². The van der Waals surface area contributed by atoms with Gasteiger partial charge in [0.05, 0.1) is 24.9 Å². The summed E-state index contributed by atoms with van der Waals surface area (Å²) in [4.78, 5) is 13.7. The normalized spacial score (nSPS) is 19.8. The van der Waals surface area contributed by atoms with E-state index in [4.69, 9.17) is 9.47 Å². The van der Waals surface area contributed by atoms with Crippen LogP contribution < -0.4 is 0 Å². The van der Waals surface area contributed by atoms with Gasteiger partial charge in [-0.25, -0.2) is 4.79 Å². The molecule has 0 spiro atoms. The Hall–Kier alpha value is -1.59. The third-order valence-electron chi connectivity index (χ3n) is 3.38. The number of morpholine rings is 1. The number of ether oxygens (including phenoxy) is 2. The van der Waals surface area contributed by atoms with Gasteiger partial charge in [-0.15, -0.1) is 0 Å². The van der Waals surface area contributed by atoms with E-state index in [2.05, 4.69) is 0 Å². The minimum absolute atomic E-state index is 0.232. The molecule has 0 saturated carbocycles. The van der Waals surface area contributed by atoms with Crippen molar-refractivity contribution in [2.45, 2.75) is 32.1 Å². The van der Waals surface area contributed by atoms with E-state index in [0.29, 0.717) is 19.8 Å². The van der Waals surface area contributed by atoms with E-state index >= 15 is 0 Å². The molecule has 0 aromatic heterocycles. The number of carbonyl (C=O) groups excluding carboxylic acids is 1. The molecule has 1 atom stereocenters. The second kappa shape index (κ2) is 6.24. The third-order valence-corrected chi connectivity index (χ3v) is 3.38. The fourth-order valence-corrected chi connectivity index (χ4v) is 2.21. The average Bonchev–Trinajstić information content (AvgIpc) is 2.45. The van der Waals surface area contributed by atoms with Crippen LogP contribution in [0.15, 0.2) is 30.3 Å². The van der Waals surface area contributed by atoms with Gasteiger partial charge >= 0.3 is 6.09 Å². The van der Waals surface area contributed by atoms with Crippen molar-refractivity contribution in [3.8, 4) is 0 Å². The zero-order chi connectivity index (χ0) is 14.6. The van der Waals surface area contributed by atoms with E-state index in [-0.39, 0.29) is 12.6 Å². The molecule has 1 N–H and O–H groups in total. The van der Waals surface area contributed by atoms with E-state index in [9.17, 15) is 9.90 Å². The largest absolute Gasteiger partial charge is 0.445 e. The zero-order valence-corrected chi connectivity index (χ0v) is 11.9. The summed E-state index contributed by atoms with van der Waals surface area (Å²) in [6.45, 7) is 4.79. The lowest BCUT2D eigenvalue weighted by Gasteiger charge is -2.41. The molecule has 110 valence electrons. The lowest BCUT2D eigenvalue weighted by molar-refractivity contribution is -0.0886. The number of hydrogen-bond donors (Lipinski definition) is 1. The van der Waals surface area contributed by atoms with Crippen LogP contribution in [0.25, 0.3) is 0 Å². The van der Waals surface area contributed by atoms with Gasteiger partial charge in [-0.05, 0) is 19.4 Å². The van der Waals surface area contributed by atoms with Crippen LogP contribution in [0, 0.1) is 0 Å². The molecular weight excluding hydrogens is 258 g/mol. The molecule has 1 aromatic rings. The van der Waals surface area contributed by atoms with Crippen molar-refractivity contribution in [1.29, 1.82) is 0 Å². The van der Waals surface area contributed by atoms with Gasteiger partial charge in [0.15, 0.2) is 0 Å². The molecule has 2 rings (SSSR count). The number of aliphatic hydroxyl groups is 1. The van der Waals surface area contributed by atoms with E-state index in [1.54, 1.807) is 18.7 Å². The summed E-state index contributed by atoms with van der Waals surface area (Å²) >= 11 is 0. The Morgan fingerprint density at radius 2 is 2.15 bits per heavy atom. The minimum atomic E-state index is -1.02. The van der Waals surface area contributed by atoms with E-state index in [1.165, 1.54) is 0 Å². The smallest absolute Gasteiger partial charge is 0.410 e. The maximum absolute atomic E-state index is 12.2. The van der Waals surface area contributed by atoms with Crippen LogP contribution in [0.4, 0.5) is 4.79 Å². The average molecular weight is 279 g/mol. The Balaban J connectivity index is 1.96. The molecule has 0 radical (unpaired) electrons. The number of rotatable bonds is 3. The van der Waals surface area contributed by atoms with Gasteiger partial charge in [-0.1, -0.05) is 30.3 Å². The van der Waals surface area contributed by atoms with Crippen LogP contribution in [0.5, 0.6) is 0 Å². The highest BCUT2D eigenvalue weighted by Gasteiger charge is 2.38. The van der Waals surface area contributed by atoms with Gasteiger partial charge in [0.25, 0.3) is 0 Å². The lowest BCUT2D eigenvalue weighted by Crippen LogP contribution is -2.58. The molecule has 1 aliphatic rings. The second-order valence-electron chi connectivity index (χ2n) is 5.48. The molecule has 20 heavy (non-hydrogen) atoms. The standard InChI is InChI=1S/C15H21NO4/c1-15(2,18)13-11-19-9-8-16(13)14(17)20-10-12-6-4-3-5-7-12/h3-7,13,18H,8-11H2,1-2H3.